The molecule has 2 aromatic carbocycles. The molecule has 1 atom stereocenters. The van der Waals surface area contributed by atoms with E-state index in [1.807, 2.05) is 0 Å². The van der Waals surface area contributed by atoms with Crippen LogP contribution >= 0.6 is 11.6 Å². The van der Waals surface area contributed by atoms with E-state index in [9.17, 15) is 19.7 Å². The number of nitrogens with zero attached hydrogens (tertiary/aromatic N) is 1. The number of hydrogen-bond acceptors (Lipinski definition) is 5. The Morgan fingerprint density at radius 3 is 2.42 bits per heavy atom. The molecular weight excluding hydrogens is 362 g/mol. The first-order valence-electron chi connectivity index (χ1n) is 7.51. The molecule has 0 unspecified atom stereocenters. The van der Waals surface area contributed by atoms with Crippen molar-refractivity contribution in [1.82, 2.24) is 5.32 Å². The highest BCUT2D eigenvalue weighted by Gasteiger charge is 2.20. The maximum Gasteiger partial charge on any atom is 0.288 e. The van der Waals surface area contributed by atoms with Crippen molar-refractivity contribution in [1.29, 1.82) is 0 Å². The minimum Gasteiger partial charge on any atom is -0.497 e. The highest BCUT2D eigenvalue weighted by atomic mass is 35.5. The fourth-order valence-electron chi connectivity index (χ4n) is 2.06. The molecule has 0 saturated carbocycles. The van der Waals surface area contributed by atoms with Crippen molar-refractivity contribution < 1.29 is 19.2 Å². The summed E-state index contributed by atoms with van der Waals surface area (Å²) in [5.41, 5.74) is 0.193. The molecule has 9 heteroatoms. The summed E-state index contributed by atoms with van der Waals surface area (Å²) in [6.45, 7) is 1.50. The molecule has 2 amide bonds. The molecule has 0 aliphatic rings. The molecule has 0 fully saturated rings. The van der Waals surface area contributed by atoms with Gasteiger partial charge in [0.25, 0.3) is 11.6 Å². The number of anilines is 1. The number of nitro benzene ring substituents is 1. The molecule has 0 aromatic heterocycles. The summed E-state index contributed by atoms with van der Waals surface area (Å²) in [5, 5.41) is 16.0. The van der Waals surface area contributed by atoms with Crippen molar-refractivity contribution >= 4 is 34.8 Å². The molecule has 0 spiro atoms. The monoisotopic (exact) mass is 377 g/mol. The van der Waals surface area contributed by atoms with E-state index in [-0.39, 0.29) is 16.3 Å². The predicted octanol–water partition coefficient (Wildman–Crippen LogP) is 3.01. The fraction of sp³-hybridized carbons (Fsp3) is 0.176. The summed E-state index contributed by atoms with van der Waals surface area (Å²) in [4.78, 5) is 34.6. The Morgan fingerprint density at radius 2 is 1.85 bits per heavy atom. The molecule has 0 aliphatic carbocycles. The second kappa shape index (κ2) is 8.30. The predicted molar refractivity (Wildman–Crippen MR) is 96.7 cm³/mol. The molecule has 0 saturated heterocycles. The standard InChI is InChI=1S/C17H16ClN3O5/c1-10(16(22)20-12-4-6-13(26-2)7-5-12)19-17(23)11-3-8-14(18)15(9-11)21(24)25/h3-10H,1-2H3,(H,19,23)(H,20,22)/t10-/m0/s1. The van der Waals surface area contributed by atoms with Crippen LogP contribution in [0.25, 0.3) is 0 Å². The maximum atomic E-state index is 12.2. The lowest BCUT2D eigenvalue weighted by atomic mass is 10.1. The van der Waals surface area contributed by atoms with Gasteiger partial charge in [-0.1, -0.05) is 11.6 Å². The molecule has 2 rings (SSSR count). The number of halogens is 1. The van der Waals surface area contributed by atoms with Crippen LogP contribution in [0.5, 0.6) is 5.75 Å². The number of amides is 2. The molecule has 0 heterocycles. The van der Waals surface area contributed by atoms with Gasteiger partial charge >= 0.3 is 0 Å². The third-order valence-electron chi connectivity index (χ3n) is 3.50. The first kappa shape index (κ1) is 19.2. The van der Waals surface area contributed by atoms with Gasteiger partial charge in [0, 0.05) is 17.3 Å². The summed E-state index contributed by atoms with van der Waals surface area (Å²) in [6, 6.07) is 9.50. The van der Waals surface area contributed by atoms with Crippen LogP contribution in [0.2, 0.25) is 5.02 Å². The van der Waals surface area contributed by atoms with E-state index in [0.717, 1.165) is 6.07 Å². The van der Waals surface area contributed by atoms with Crippen LogP contribution in [-0.2, 0) is 4.79 Å². The van der Waals surface area contributed by atoms with Crippen LogP contribution in [0.4, 0.5) is 11.4 Å². The molecule has 2 aromatic rings. The van der Waals surface area contributed by atoms with Crippen LogP contribution in [0, 0.1) is 10.1 Å². The summed E-state index contributed by atoms with van der Waals surface area (Å²) in [7, 11) is 1.53. The lowest BCUT2D eigenvalue weighted by Crippen LogP contribution is -2.41. The quantitative estimate of drug-likeness (QED) is 0.593. The SMILES string of the molecule is COc1ccc(NC(=O)[C@H](C)NC(=O)c2ccc(Cl)c([N+](=O)[O-])c2)cc1. The van der Waals surface area contributed by atoms with E-state index in [1.54, 1.807) is 24.3 Å². The van der Waals surface area contributed by atoms with E-state index < -0.39 is 22.8 Å². The Kier molecular flexibility index (Phi) is 6.13. The number of carbonyl (C=O) groups is 2. The summed E-state index contributed by atoms with van der Waals surface area (Å²) < 4.78 is 5.03. The number of nitrogens with one attached hydrogen (secondary N) is 2. The number of rotatable bonds is 6. The van der Waals surface area contributed by atoms with E-state index in [1.165, 1.54) is 26.2 Å². The molecule has 0 aliphatic heterocycles. The van der Waals surface area contributed by atoms with Crippen LogP contribution < -0.4 is 15.4 Å². The Labute approximate surface area is 154 Å². The lowest BCUT2D eigenvalue weighted by molar-refractivity contribution is -0.384. The van der Waals surface area contributed by atoms with Crippen LogP contribution in [0.1, 0.15) is 17.3 Å². The number of ether oxygens (including phenoxy) is 1. The number of nitro groups is 1. The van der Waals surface area contributed by atoms with E-state index in [0.29, 0.717) is 11.4 Å². The average Bonchev–Trinajstić information content (AvgIpc) is 2.62. The van der Waals surface area contributed by atoms with Gasteiger partial charge in [-0.2, -0.15) is 0 Å². The molecular formula is C17H16ClN3O5. The minimum absolute atomic E-state index is 0.0326. The first-order valence-corrected chi connectivity index (χ1v) is 7.89. The number of benzene rings is 2. The van der Waals surface area contributed by atoms with Gasteiger partial charge in [0.2, 0.25) is 5.91 Å². The highest BCUT2D eigenvalue weighted by molar-refractivity contribution is 6.32. The third kappa shape index (κ3) is 4.70. The molecule has 8 nitrogen and oxygen atoms in total. The van der Waals surface area contributed by atoms with Crippen molar-refractivity contribution in [2.45, 2.75) is 13.0 Å². The zero-order chi connectivity index (χ0) is 19.3. The molecule has 0 radical (unpaired) electrons. The fourth-order valence-corrected chi connectivity index (χ4v) is 2.25. The second-order valence-corrected chi connectivity index (χ2v) is 5.74. The third-order valence-corrected chi connectivity index (χ3v) is 3.82. The van der Waals surface area contributed by atoms with Gasteiger partial charge in [-0.15, -0.1) is 0 Å². The summed E-state index contributed by atoms with van der Waals surface area (Å²) >= 11 is 5.72. The molecule has 0 bridgehead atoms. The Balaban J connectivity index is 2.02. The molecule has 136 valence electrons. The van der Waals surface area contributed by atoms with Crippen LogP contribution in [0.3, 0.4) is 0 Å². The Hall–Kier alpha value is -3.13. The van der Waals surface area contributed by atoms with E-state index >= 15 is 0 Å². The lowest BCUT2D eigenvalue weighted by Gasteiger charge is -2.14. The van der Waals surface area contributed by atoms with Crippen LogP contribution in [0.15, 0.2) is 42.5 Å². The van der Waals surface area contributed by atoms with Gasteiger partial charge in [-0.3, -0.25) is 19.7 Å². The number of hydrogen-bond donors (Lipinski definition) is 2. The second-order valence-electron chi connectivity index (χ2n) is 5.34. The summed E-state index contributed by atoms with van der Waals surface area (Å²) in [6.07, 6.45) is 0. The van der Waals surface area contributed by atoms with Crippen molar-refractivity contribution in [2.24, 2.45) is 0 Å². The Bertz CT molecular complexity index is 839. The van der Waals surface area contributed by atoms with Crippen molar-refractivity contribution in [3.05, 3.63) is 63.2 Å². The topological polar surface area (TPSA) is 111 Å². The number of carbonyl (C=O) groups excluding carboxylic acids is 2. The van der Waals surface area contributed by atoms with Gasteiger partial charge in [-0.25, -0.2) is 0 Å². The van der Waals surface area contributed by atoms with Crippen molar-refractivity contribution in [3.63, 3.8) is 0 Å². The zero-order valence-corrected chi connectivity index (χ0v) is 14.7. The Morgan fingerprint density at radius 1 is 1.19 bits per heavy atom. The molecule has 26 heavy (non-hydrogen) atoms. The van der Waals surface area contributed by atoms with Gasteiger partial charge in [-0.05, 0) is 43.3 Å². The first-order chi connectivity index (χ1) is 12.3. The van der Waals surface area contributed by atoms with E-state index in [4.69, 9.17) is 16.3 Å². The van der Waals surface area contributed by atoms with Crippen molar-refractivity contribution in [2.75, 3.05) is 12.4 Å². The van der Waals surface area contributed by atoms with Crippen molar-refractivity contribution in [3.8, 4) is 5.75 Å². The molecule has 2 N–H and O–H groups in total. The average molecular weight is 378 g/mol. The normalized spacial score (nSPS) is 11.3. The highest BCUT2D eigenvalue weighted by Crippen LogP contribution is 2.25. The van der Waals surface area contributed by atoms with Gasteiger partial charge in [0.15, 0.2) is 0 Å². The van der Waals surface area contributed by atoms with Crippen LogP contribution in [-0.4, -0.2) is 29.9 Å². The van der Waals surface area contributed by atoms with Gasteiger partial charge in [0.05, 0.1) is 12.0 Å². The minimum atomic E-state index is -0.862. The van der Waals surface area contributed by atoms with E-state index in [2.05, 4.69) is 10.6 Å². The smallest absolute Gasteiger partial charge is 0.288 e. The van der Waals surface area contributed by atoms with Gasteiger partial charge < -0.3 is 15.4 Å². The largest absolute Gasteiger partial charge is 0.497 e. The van der Waals surface area contributed by atoms with Gasteiger partial charge in [0.1, 0.15) is 16.8 Å². The summed E-state index contributed by atoms with van der Waals surface area (Å²) in [5.74, 6) is -0.414. The number of methoxy groups -OCH3 is 1. The zero-order valence-electron chi connectivity index (χ0n) is 14.0. The maximum absolute atomic E-state index is 12.2.